The van der Waals surface area contributed by atoms with E-state index >= 15 is 0 Å². The van der Waals surface area contributed by atoms with Crippen molar-refractivity contribution in [3.05, 3.63) is 102 Å². The first kappa shape index (κ1) is 22.9. The van der Waals surface area contributed by atoms with Gasteiger partial charge in [-0.1, -0.05) is 61.6 Å². The van der Waals surface area contributed by atoms with Crippen LogP contribution >= 0.6 is 11.3 Å². The lowest BCUT2D eigenvalue weighted by Crippen LogP contribution is -2.39. The number of halogens is 1. The normalized spacial score (nSPS) is 16.1. The van der Waals surface area contributed by atoms with Crippen molar-refractivity contribution >= 4 is 23.4 Å². The molecule has 1 aliphatic rings. The summed E-state index contributed by atoms with van der Waals surface area (Å²) in [7, 11) is 0. The minimum atomic E-state index is -0.744. The number of ether oxygens (including phenoxy) is 1. The molecule has 0 fully saturated rings. The summed E-state index contributed by atoms with van der Waals surface area (Å²) in [6, 6.07) is 13.1. The SMILES string of the molecule is CCOC(=O)C1=C(C)N=c2s/c(=C\c3ccc(C(C)C)cc3)c(=O)n2[C@@H]1c1ccc(F)cc1. The number of hydrogen-bond acceptors (Lipinski definition) is 5. The van der Waals surface area contributed by atoms with Crippen LogP contribution in [-0.2, 0) is 9.53 Å². The van der Waals surface area contributed by atoms with Crippen LogP contribution in [0.25, 0.3) is 6.08 Å². The zero-order valence-corrected chi connectivity index (χ0v) is 19.8. The summed E-state index contributed by atoms with van der Waals surface area (Å²) in [5.41, 5.74) is 3.25. The fraction of sp³-hybridized carbons (Fsp3) is 0.269. The second-order valence-corrected chi connectivity index (χ2v) is 9.18. The Morgan fingerprint density at radius 2 is 1.85 bits per heavy atom. The molecule has 0 aliphatic carbocycles. The summed E-state index contributed by atoms with van der Waals surface area (Å²) < 4.78 is 20.9. The van der Waals surface area contributed by atoms with Crippen LogP contribution in [-0.4, -0.2) is 17.1 Å². The molecule has 2 aromatic carbocycles. The van der Waals surface area contributed by atoms with Crippen molar-refractivity contribution in [1.82, 2.24) is 4.57 Å². The van der Waals surface area contributed by atoms with Gasteiger partial charge in [-0.05, 0) is 54.7 Å². The zero-order chi connectivity index (χ0) is 23.7. The van der Waals surface area contributed by atoms with Crippen molar-refractivity contribution in [2.24, 2.45) is 4.99 Å². The predicted octanol–water partition coefficient (Wildman–Crippen LogP) is 4.06. The molecule has 0 saturated carbocycles. The van der Waals surface area contributed by atoms with Gasteiger partial charge in [0.1, 0.15) is 5.82 Å². The molecule has 4 rings (SSSR count). The van der Waals surface area contributed by atoms with E-state index in [4.69, 9.17) is 4.74 Å². The highest BCUT2D eigenvalue weighted by Crippen LogP contribution is 2.30. The number of benzene rings is 2. The van der Waals surface area contributed by atoms with Crippen molar-refractivity contribution < 1.29 is 13.9 Å². The number of thiazole rings is 1. The molecule has 0 radical (unpaired) electrons. The number of esters is 1. The Bertz CT molecular complexity index is 1400. The number of nitrogens with zero attached hydrogens (tertiary/aromatic N) is 2. The van der Waals surface area contributed by atoms with Gasteiger partial charge in [-0.25, -0.2) is 14.2 Å². The Morgan fingerprint density at radius 3 is 2.45 bits per heavy atom. The lowest BCUT2D eigenvalue weighted by atomic mass is 9.96. The van der Waals surface area contributed by atoms with Gasteiger partial charge in [0.2, 0.25) is 0 Å². The molecule has 0 saturated heterocycles. The molecule has 1 atom stereocenters. The average Bonchev–Trinajstić information content (AvgIpc) is 3.08. The second-order valence-electron chi connectivity index (χ2n) is 8.18. The summed E-state index contributed by atoms with van der Waals surface area (Å²) in [6.07, 6.45) is 1.83. The molecule has 0 spiro atoms. The molecule has 1 aliphatic heterocycles. The smallest absolute Gasteiger partial charge is 0.338 e. The van der Waals surface area contributed by atoms with Crippen LogP contribution in [0, 0.1) is 5.82 Å². The van der Waals surface area contributed by atoms with Gasteiger partial charge in [-0.2, -0.15) is 0 Å². The summed E-state index contributed by atoms with van der Waals surface area (Å²) >= 11 is 1.27. The number of allylic oxidation sites excluding steroid dienone is 1. The quantitative estimate of drug-likeness (QED) is 0.535. The highest BCUT2D eigenvalue weighted by atomic mass is 32.1. The highest BCUT2D eigenvalue weighted by molar-refractivity contribution is 7.07. The van der Waals surface area contributed by atoms with Crippen molar-refractivity contribution in [1.29, 1.82) is 0 Å². The molecule has 0 unspecified atom stereocenters. The molecule has 5 nitrogen and oxygen atoms in total. The highest BCUT2D eigenvalue weighted by Gasteiger charge is 2.33. The molecular weight excluding hydrogens is 439 g/mol. The Balaban J connectivity index is 1.90. The lowest BCUT2D eigenvalue weighted by Gasteiger charge is -2.24. The van der Waals surface area contributed by atoms with Crippen molar-refractivity contribution in [2.45, 2.75) is 39.7 Å². The lowest BCUT2D eigenvalue weighted by molar-refractivity contribution is -0.139. The van der Waals surface area contributed by atoms with Crippen LogP contribution in [0.3, 0.4) is 0 Å². The second kappa shape index (κ2) is 9.27. The third-order valence-electron chi connectivity index (χ3n) is 5.60. The number of aromatic nitrogens is 1. The van der Waals surface area contributed by atoms with Gasteiger partial charge in [0.15, 0.2) is 4.80 Å². The van der Waals surface area contributed by atoms with Crippen LogP contribution < -0.4 is 14.9 Å². The number of rotatable bonds is 5. The van der Waals surface area contributed by atoms with Crippen LogP contribution in [0.1, 0.15) is 56.3 Å². The van der Waals surface area contributed by atoms with Gasteiger partial charge in [0.05, 0.1) is 28.5 Å². The van der Waals surface area contributed by atoms with Crippen LogP contribution in [0.15, 0.2) is 69.6 Å². The predicted molar refractivity (Wildman–Crippen MR) is 127 cm³/mol. The topological polar surface area (TPSA) is 60.7 Å². The van der Waals surface area contributed by atoms with E-state index in [9.17, 15) is 14.0 Å². The summed E-state index contributed by atoms with van der Waals surface area (Å²) in [5.74, 6) is -0.509. The molecule has 0 amide bonds. The minimum absolute atomic E-state index is 0.197. The Labute approximate surface area is 195 Å². The van der Waals surface area contributed by atoms with E-state index in [-0.39, 0.29) is 17.7 Å². The Morgan fingerprint density at radius 1 is 1.18 bits per heavy atom. The molecule has 170 valence electrons. The van der Waals surface area contributed by atoms with E-state index in [1.807, 2.05) is 18.2 Å². The maximum atomic E-state index is 13.6. The zero-order valence-electron chi connectivity index (χ0n) is 19.0. The molecule has 0 bridgehead atoms. The van der Waals surface area contributed by atoms with E-state index < -0.39 is 17.8 Å². The molecule has 3 aromatic rings. The number of carbonyl (C=O) groups excluding carboxylic acids is 1. The average molecular weight is 465 g/mol. The monoisotopic (exact) mass is 464 g/mol. The van der Waals surface area contributed by atoms with Crippen LogP contribution in [0.5, 0.6) is 0 Å². The summed E-state index contributed by atoms with van der Waals surface area (Å²) in [4.78, 5) is 31.4. The molecule has 2 heterocycles. The molecule has 1 aromatic heterocycles. The van der Waals surface area contributed by atoms with Crippen molar-refractivity contribution in [3.8, 4) is 0 Å². The van der Waals surface area contributed by atoms with E-state index in [1.165, 1.54) is 33.6 Å². The maximum Gasteiger partial charge on any atom is 0.338 e. The van der Waals surface area contributed by atoms with E-state index in [2.05, 4.69) is 31.0 Å². The number of carbonyl (C=O) groups is 1. The first-order valence-corrected chi connectivity index (χ1v) is 11.7. The van der Waals surface area contributed by atoms with Gasteiger partial charge in [0.25, 0.3) is 5.56 Å². The molecule has 33 heavy (non-hydrogen) atoms. The van der Waals surface area contributed by atoms with E-state index in [0.717, 1.165) is 5.56 Å². The first-order chi connectivity index (χ1) is 15.8. The van der Waals surface area contributed by atoms with Crippen molar-refractivity contribution in [3.63, 3.8) is 0 Å². The van der Waals surface area contributed by atoms with Gasteiger partial charge < -0.3 is 4.74 Å². The summed E-state index contributed by atoms with van der Waals surface area (Å²) in [5, 5.41) is 0. The van der Waals surface area contributed by atoms with Gasteiger partial charge in [-0.3, -0.25) is 9.36 Å². The van der Waals surface area contributed by atoms with Gasteiger partial charge in [-0.15, -0.1) is 0 Å². The third-order valence-corrected chi connectivity index (χ3v) is 6.59. The standard InChI is InChI=1S/C26H25FN2O3S/c1-5-32-25(31)22-16(4)28-26-29(23(22)19-10-12-20(27)13-11-19)24(30)21(33-26)14-17-6-8-18(9-7-17)15(2)3/h6-15,23H,5H2,1-4H3/b21-14-/t23-/m1/s1. The van der Waals surface area contributed by atoms with E-state index in [0.29, 0.717) is 26.5 Å². The number of hydrogen-bond donors (Lipinski definition) is 0. The van der Waals surface area contributed by atoms with Crippen molar-refractivity contribution in [2.75, 3.05) is 6.61 Å². The molecule has 7 heteroatoms. The molecular formula is C26H25FN2O3S. The summed E-state index contributed by atoms with van der Waals surface area (Å²) in [6.45, 7) is 7.91. The van der Waals surface area contributed by atoms with Crippen LogP contribution in [0.4, 0.5) is 4.39 Å². The maximum absolute atomic E-state index is 13.6. The van der Waals surface area contributed by atoms with Gasteiger partial charge in [0, 0.05) is 0 Å². The van der Waals surface area contributed by atoms with Gasteiger partial charge >= 0.3 is 5.97 Å². The largest absolute Gasteiger partial charge is 0.463 e. The Kier molecular flexibility index (Phi) is 6.42. The first-order valence-electron chi connectivity index (χ1n) is 10.8. The molecule has 0 N–H and O–H groups in total. The number of fused-ring (bicyclic) bond motifs is 1. The third kappa shape index (κ3) is 4.46. The van der Waals surface area contributed by atoms with E-state index in [1.54, 1.807) is 26.0 Å². The fourth-order valence-corrected chi connectivity index (χ4v) is 4.93. The van der Waals surface area contributed by atoms with Crippen LogP contribution in [0.2, 0.25) is 0 Å². The Hall–Kier alpha value is -3.32. The minimum Gasteiger partial charge on any atom is -0.463 e. The fourth-order valence-electron chi connectivity index (χ4n) is 3.88.